The Bertz CT molecular complexity index is 1380. The lowest BCUT2D eigenvalue weighted by Gasteiger charge is -2.35. The number of halogens is 1. The first-order valence-electron chi connectivity index (χ1n) is 10.4. The molecule has 1 saturated carbocycles. The van der Waals surface area contributed by atoms with E-state index in [0.717, 1.165) is 24.2 Å². The van der Waals surface area contributed by atoms with Crippen molar-refractivity contribution >= 4 is 17.1 Å². The Labute approximate surface area is 181 Å². The van der Waals surface area contributed by atoms with Gasteiger partial charge in [0.05, 0.1) is 11.8 Å². The van der Waals surface area contributed by atoms with Gasteiger partial charge in [0.1, 0.15) is 16.9 Å². The fourth-order valence-corrected chi connectivity index (χ4v) is 4.76. The number of benzene rings is 1. The molecule has 32 heavy (non-hydrogen) atoms. The summed E-state index contributed by atoms with van der Waals surface area (Å²) in [5, 5.41) is 9.63. The number of phenols is 1. The molecule has 1 fully saturated rings. The van der Waals surface area contributed by atoms with Gasteiger partial charge in [0.15, 0.2) is 23.0 Å². The predicted octanol–water partition coefficient (Wildman–Crippen LogP) is 3.98. The average molecular weight is 431 g/mol. The number of esters is 1. The lowest BCUT2D eigenvalue weighted by atomic mass is 9.75. The van der Waals surface area contributed by atoms with Gasteiger partial charge in [0.25, 0.3) is 0 Å². The van der Waals surface area contributed by atoms with Gasteiger partial charge < -0.3 is 14.8 Å². The number of hydrogen-bond acceptors (Lipinski definition) is 7. The standard InChI is InChI=1S/C23H18FN5O3/c24-16-2-1-13(9-18(16)30)19-26-11-17-21(28-19)29-20(27-17)12-3-6-23(7-4-12)15-10-25-8-5-14(15)22(31)32-23/h1-2,5,8-12,30H,3-4,6-7H2,(H,26,27,28,29). The maximum Gasteiger partial charge on any atom is 0.339 e. The number of imidazole rings is 1. The number of H-pyrrole nitrogens is 1. The summed E-state index contributed by atoms with van der Waals surface area (Å²) >= 11 is 0. The normalized spacial score (nSPS) is 22.3. The number of fused-ring (bicyclic) bond motifs is 3. The highest BCUT2D eigenvalue weighted by Crippen LogP contribution is 2.49. The van der Waals surface area contributed by atoms with E-state index in [0.29, 0.717) is 41.0 Å². The van der Waals surface area contributed by atoms with Crippen molar-refractivity contribution in [2.45, 2.75) is 37.2 Å². The zero-order chi connectivity index (χ0) is 21.9. The molecule has 1 aromatic carbocycles. The van der Waals surface area contributed by atoms with Gasteiger partial charge in [-0.05, 0) is 49.9 Å². The van der Waals surface area contributed by atoms with Crippen molar-refractivity contribution in [1.29, 1.82) is 0 Å². The number of carbonyl (C=O) groups excluding carboxylic acids is 1. The van der Waals surface area contributed by atoms with Crippen molar-refractivity contribution < 1.29 is 19.0 Å². The number of aromatic nitrogens is 5. The molecular weight excluding hydrogens is 413 g/mol. The number of nitrogens with one attached hydrogen (secondary N) is 1. The van der Waals surface area contributed by atoms with E-state index >= 15 is 0 Å². The second-order valence-corrected chi connectivity index (χ2v) is 8.30. The maximum atomic E-state index is 13.4. The van der Waals surface area contributed by atoms with Crippen LogP contribution in [0.3, 0.4) is 0 Å². The lowest BCUT2D eigenvalue weighted by Crippen LogP contribution is -2.31. The number of aromatic hydroxyl groups is 1. The number of pyridine rings is 1. The molecule has 4 heterocycles. The van der Waals surface area contributed by atoms with Gasteiger partial charge in [-0.2, -0.15) is 0 Å². The van der Waals surface area contributed by atoms with E-state index in [1.807, 2.05) is 0 Å². The minimum atomic E-state index is -0.696. The van der Waals surface area contributed by atoms with E-state index in [1.165, 1.54) is 18.2 Å². The van der Waals surface area contributed by atoms with Crippen molar-refractivity contribution in [1.82, 2.24) is 24.9 Å². The summed E-state index contributed by atoms with van der Waals surface area (Å²) in [5.74, 6) is -0.0751. The Hall–Kier alpha value is -3.88. The van der Waals surface area contributed by atoms with Crippen molar-refractivity contribution in [3.8, 4) is 17.1 Å². The first kappa shape index (κ1) is 18.9. The summed E-state index contributed by atoms with van der Waals surface area (Å²) in [6.07, 6.45) is 7.99. The minimum absolute atomic E-state index is 0.174. The van der Waals surface area contributed by atoms with Crippen LogP contribution < -0.4 is 0 Å². The second-order valence-electron chi connectivity index (χ2n) is 8.30. The van der Waals surface area contributed by atoms with Gasteiger partial charge in [-0.3, -0.25) is 4.98 Å². The molecule has 0 unspecified atom stereocenters. The number of nitrogens with zero attached hydrogens (tertiary/aromatic N) is 4. The van der Waals surface area contributed by atoms with Crippen LogP contribution in [0.5, 0.6) is 5.75 Å². The molecule has 0 bridgehead atoms. The molecule has 0 radical (unpaired) electrons. The Morgan fingerprint density at radius 3 is 2.81 bits per heavy atom. The molecule has 8 nitrogen and oxygen atoms in total. The van der Waals surface area contributed by atoms with E-state index in [4.69, 9.17) is 4.74 Å². The first-order valence-corrected chi connectivity index (χ1v) is 10.4. The molecule has 2 aliphatic rings. The molecule has 1 aliphatic carbocycles. The fraction of sp³-hybridized carbons (Fsp3) is 0.261. The molecule has 1 spiro atoms. The van der Waals surface area contributed by atoms with Crippen LogP contribution in [-0.4, -0.2) is 36.0 Å². The van der Waals surface area contributed by atoms with Crippen LogP contribution in [-0.2, 0) is 10.3 Å². The first-order chi connectivity index (χ1) is 15.5. The maximum absolute atomic E-state index is 13.4. The molecule has 0 amide bonds. The number of ether oxygens (including phenoxy) is 1. The SMILES string of the molecule is O=C1OC2(CCC(c3nc4nc(-c5ccc(F)c(O)c5)ncc4[nH]3)CC2)c2cnccc21. The van der Waals surface area contributed by atoms with Crippen molar-refractivity contribution in [3.05, 3.63) is 65.6 Å². The third kappa shape index (κ3) is 2.84. The third-order valence-electron chi connectivity index (χ3n) is 6.46. The number of aromatic amines is 1. The predicted molar refractivity (Wildman–Crippen MR) is 111 cm³/mol. The molecule has 160 valence electrons. The highest BCUT2D eigenvalue weighted by Gasteiger charge is 2.48. The highest BCUT2D eigenvalue weighted by molar-refractivity contribution is 5.94. The van der Waals surface area contributed by atoms with E-state index in [2.05, 4.69) is 24.9 Å². The second kappa shape index (κ2) is 6.81. The number of hydrogen-bond donors (Lipinski definition) is 2. The summed E-state index contributed by atoms with van der Waals surface area (Å²) in [4.78, 5) is 33.2. The summed E-state index contributed by atoms with van der Waals surface area (Å²) in [6.45, 7) is 0. The van der Waals surface area contributed by atoms with Gasteiger partial charge in [0.2, 0.25) is 0 Å². The van der Waals surface area contributed by atoms with Crippen LogP contribution >= 0.6 is 0 Å². The van der Waals surface area contributed by atoms with E-state index in [1.54, 1.807) is 24.7 Å². The number of rotatable bonds is 2. The summed E-state index contributed by atoms with van der Waals surface area (Å²) in [6, 6.07) is 5.70. The average Bonchev–Trinajstić information content (AvgIpc) is 3.35. The van der Waals surface area contributed by atoms with E-state index in [-0.39, 0.29) is 11.9 Å². The Kier molecular flexibility index (Phi) is 4.01. The Balaban J connectivity index is 1.26. The van der Waals surface area contributed by atoms with Gasteiger partial charge in [0, 0.05) is 29.4 Å². The van der Waals surface area contributed by atoms with Gasteiger partial charge >= 0.3 is 5.97 Å². The van der Waals surface area contributed by atoms with Crippen molar-refractivity contribution in [2.75, 3.05) is 0 Å². The van der Waals surface area contributed by atoms with Crippen LogP contribution in [0.4, 0.5) is 4.39 Å². The van der Waals surface area contributed by atoms with Crippen LogP contribution in [0.2, 0.25) is 0 Å². The Morgan fingerprint density at radius 1 is 1.16 bits per heavy atom. The fourth-order valence-electron chi connectivity index (χ4n) is 4.76. The molecule has 9 heteroatoms. The van der Waals surface area contributed by atoms with E-state index < -0.39 is 17.2 Å². The molecule has 4 aromatic rings. The van der Waals surface area contributed by atoms with Gasteiger partial charge in [-0.25, -0.2) is 24.1 Å². The zero-order valence-electron chi connectivity index (χ0n) is 16.9. The molecule has 0 atom stereocenters. The number of carbonyl (C=O) groups is 1. The summed E-state index contributed by atoms with van der Waals surface area (Å²) in [7, 11) is 0. The lowest BCUT2D eigenvalue weighted by molar-refractivity contribution is -0.0313. The highest BCUT2D eigenvalue weighted by atomic mass is 19.1. The quantitative estimate of drug-likeness (QED) is 0.461. The third-order valence-corrected chi connectivity index (χ3v) is 6.46. The zero-order valence-corrected chi connectivity index (χ0v) is 16.9. The molecule has 6 rings (SSSR count). The largest absolute Gasteiger partial charge is 0.505 e. The van der Waals surface area contributed by atoms with Gasteiger partial charge in [-0.1, -0.05) is 0 Å². The minimum Gasteiger partial charge on any atom is -0.505 e. The van der Waals surface area contributed by atoms with Gasteiger partial charge in [-0.15, -0.1) is 0 Å². The van der Waals surface area contributed by atoms with Crippen LogP contribution in [0.1, 0.15) is 53.3 Å². The van der Waals surface area contributed by atoms with Crippen molar-refractivity contribution in [3.63, 3.8) is 0 Å². The van der Waals surface area contributed by atoms with Crippen molar-refractivity contribution in [2.24, 2.45) is 0 Å². The number of phenolic OH excluding ortho intramolecular Hbond substituents is 1. The summed E-state index contributed by atoms with van der Waals surface area (Å²) in [5.41, 5.74) is 2.61. The Morgan fingerprint density at radius 2 is 2.00 bits per heavy atom. The molecule has 3 aromatic heterocycles. The van der Waals surface area contributed by atoms with Crippen LogP contribution in [0.25, 0.3) is 22.6 Å². The van der Waals surface area contributed by atoms with Crippen LogP contribution in [0.15, 0.2) is 42.9 Å². The topological polar surface area (TPSA) is 114 Å². The molecule has 2 N–H and O–H groups in total. The summed E-state index contributed by atoms with van der Waals surface area (Å²) < 4.78 is 19.2. The molecular formula is C23H18FN5O3. The smallest absolute Gasteiger partial charge is 0.339 e. The van der Waals surface area contributed by atoms with E-state index in [9.17, 15) is 14.3 Å². The monoisotopic (exact) mass is 431 g/mol. The molecule has 0 saturated heterocycles. The molecule has 1 aliphatic heterocycles. The van der Waals surface area contributed by atoms with Crippen LogP contribution in [0, 0.1) is 5.82 Å².